The Hall–Kier alpha value is -2.61. The highest BCUT2D eigenvalue weighted by Gasteiger charge is 2.06. The van der Waals surface area contributed by atoms with Crippen molar-refractivity contribution in [3.63, 3.8) is 0 Å². The van der Waals surface area contributed by atoms with Crippen molar-refractivity contribution < 1.29 is 14.7 Å². The summed E-state index contributed by atoms with van der Waals surface area (Å²) in [6.07, 6.45) is 1.36. The van der Waals surface area contributed by atoms with Crippen LogP contribution >= 0.6 is 11.8 Å². The number of nitrogens with one attached hydrogen (secondary N) is 2. The molecule has 2 aromatic rings. The van der Waals surface area contributed by atoms with E-state index in [-0.39, 0.29) is 22.8 Å². The number of hydrogen-bond donors (Lipinski definition) is 3. The van der Waals surface area contributed by atoms with Gasteiger partial charge < -0.3 is 15.4 Å². The summed E-state index contributed by atoms with van der Waals surface area (Å²) in [5, 5.41) is 11.7. The van der Waals surface area contributed by atoms with E-state index in [4.69, 9.17) is 5.11 Å². The zero-order valence-corrected chi connectivity index (χ0v) is 11.5. The molecule has 0 aliphatic heterocycles. The average molecular weight is 305 g/mol. The molecule has 7 nitrogen and oxygen atoms in total. The lowest BCUT2D eigenvalue weighted by Crippen LogP contribution is -2.15. The molecule has 1 aromatic carbocycles. The Balaban J connectivity index is 1.89. The van der Waals surface area contributed by atoms with Gasteiger partial charge in [0.2, 0.25) is 5.91 Å². The van der Waals surface area contributed by atoms with E-state index in [1.165, 1.54) is 36.5 Å². The minimum absolute atomic E-state index is 0.0770. The largest absolute Gasteiger partial charge is 0.478 e. The number of nitrogens with zero attached hydrogens (tertiary/aromatic N) is 1. The standard InChI is InChI=1S/C13H11N3O4S/c17-10-5-6-14-13(16-10)21-7-11(18)15-9-3-1-8(2-4-9)12(19)20/h1-6H,7H2,(H,15,18)(H,19,20)(H,14,16,17). The van der Waals surface area contributed by atoms with E-state index >= 15 is 0 Å². The van der Waals surface area contributed by atoms with Gasteiger partial charge in [-0.05, 0) is 24.3 Å². The van der Waals surface area contributed by atoms with Crippen LogP contribution in [0.3, 0.4) is 0 Å². The Labute approximate surface area is 123 Å². The van der Waals surface area contributed by atoms with Crippen LogP contribution in [0.2, 0.25) is 0 Å². The molecule has 21 heavy (non-hydrogen) atoms. The fourth-order valence-corrected chi connectivity index (χ4v) is 2.10. The van der Waals surface area contributed by atoms with Crippen LogP contribution in [0.25, 0.3) is 0 Å². The second-order valence-corrected chi connectivity index (χ2v) is 4.92. The number of carboxylic acid groups (broad SMARTS) is 1. The molecule has 1 aromatic heterocycles. The molecule has 0 saturated carbocycles. The van der Waals surface area contributed by atoms with Gasteiger partial charge in [-0.1, -0.05) is 11.8 Å². The number of aromatic carboxylic acids is 1. The predicted octanol–water partition coefficient (Wildman–Crippen LogP) is 1.20. The Morgan fingerprint density at radius 3 is 2.57 bits per heavy atom. The number of aromatic amines is 1. The number of thioether (sulfide) groups is 1. The van der Waals surface area contributed by atoms with E-state index < -0.39 is 5.97 Å². The van der Waals surface area contributed by atoms with Crippen molar-refractivity contribution in [1.82, 2.24) is 9.97 Å². The molecular weight excluding hydrogens is 294 g/mol. The van der Waals surface area contributed by atoms with Gasteiger partial charge in [0.1, 0.15) is 0 Å². The fraction of sp³-hybridized carbons (Fsp3) is 0.0769. The summed E-state index contributed by atoms with van der Waals surface area (Å²) in [5.74, 6) is -1.23. The van der Waals surface area contributed by atoms with Crippen molar-refractivity contribution in [1.29, 1.82) is 0 Å². The van der Waals surface area contributed by atoms with Gasteiger partial charge in [0.15, 0.2) is 5.16 Å². The second kappa shape index (κ2) is 6.71. The zero-order valence-electron chi connectivity index (χ0n) is 10.7. The second-order valence-electron chi connectivity index (χ2n) is 3.96. The Morgan fingerprint density at radius 1 is 1.24 bits per heavy atom. The zero-order chi connectivity index (χ0) is 15.2. The Morgan fingerprint density at radius 2 is 1.95 bits per heavy atom. The molecule has 3 N–H and O–H groups in total. The summed E-state index contributed by atoms with van der Waals surface area (Å²) in [6, 6.07) is 7.11. The van der Waals surface area contributed by atoms with Crippen LogP contribution in [0.5, 0.6) is 0 Å². The van der Waals surface area contributed by atoms with E-state index in [0.717, 1.165) is 11.8 Å². The lowest BCUT2D eigenvalue weighted by Gasteiger charge is -2.05. The first-order valence-corrected chi connectivity index (χ1v) is 6.84. The van der Waals surface area contributed by atoms with E-state index in [1.54, 1.807) is 0 Å². The van der Waals surface area contributed by atoms with Crippen molar-refractivity contribution in [2.24, 2.45) is 0 Å². The lowest BCUT2D eigenvalue weighted by molar-refractivity contribution is -0.113. The molecule has 0 radical (unpaired) electrons. The highest BCUT2D eigenvalue weighted by molar-refractivity contribution is 7.99. The highest BCUT2D eigenvalue weighted by Crippen LogP contribution is 2.13. The van der Waals surface area contributed by atoms with Gasteiger partial charge in [0, 0.05) is 18.0 Å². The van der Waals surface area contributed by atoms with Gasteiger partial charge in [0.25, 0.3) is 5.56 Å². The molecule has 0 saturated heterocycles. The summed E-state index contributed by atoms with van der Waals surface area (Å²) in [4.78, 5) is 39.9. The van der Waals surface area contributed by atoms with Crippen molar-refractivity contribution in [3.8, 4) is 0 Å². The lowest BCUT2D eigenvalue weighted by atomic mass is 10.2. The minimum atomic E-state index is -1.03. The van der Waals surface area contributed by atoms with Gasteiger partial charge in [0.05, 0.1) is 11.3 Å². The molecule has 0 fully saturated rings. The van der Waals surface area contributed by atoms with Crippen molar-refractivity contribution in [3.05, 3.63) is 52.4 Å². The number of hydrogen-bond acceptors (Lipinski definition) is 5. The Bertz CT molecular complexity index is 712. The molecule has 0 atom stereocenters. The van der Waals surface area contributed by atoms with E-state index in [0.29, 0.717) is 10.8 Å². The van der Waals surface area contributed by atoms with Gasteiger partial charge in [-0.15, -0.1) is 0 Å². The highest BCUT2D eigenvalue weighted by atomic mass is 32.2. The molecule has 108 valence electrons. The van der Waals surface area contributed by atoms with Crippen molar-refractivity contribution in [2.45, 2.75) is 5.16 Å². The number of benzene rings is 1. The van der Waals surface area contributed by atoms with Crippen LogP contribution in [0.15, 0.2) is 46.5 Å². The van der Waals surface area contributed by atoms with E-state index in [9.17, 15) is 14.4 Å². The smallest absolute Gasteiger partial charge is 0.335 e. The molecule has 1 heterocycles. The first kappa shape index (κ1) is 14.8. The summed E-state index contributed by atoms with van der Waals surface area (Å²) in [5.41, 5.74) is 0.366. The van der Waals surface area contributed by atoms with Crippen molar-refractivity contribution >= 4 is 29.3 Å². The third-order valence-corrected chi connectivity index (χ3v) is 3.29. The van der Waals surface area contributed by atoms with Crippen molar-refractivity contribution in [2.75, 3.05) is 11.1 Å². The monoisotopic (exact) mass is 305 g/mol. The number of amides is 1. The SMILES string of the molecule is O=C(CSc1nccc(=O)[nH]1)Nc1ccc(C(=O)O)cc1. The number of anilines is 1. The van der Waals surface area contributed by atoms with Gasteiger partial charge in [-0.3, -0.25) is 9.59 Å². The average Bonchev–Trinajstić information content (AvgIpc) is 2.46. The molecule has 0 aliphatic rings. The number of carboxylic acids is 1. The molecule has 1 amide bonds. The van der Waals surface area contributed by atoms with Gasteiger partial charge >= 0.3 is 5.97 Å². The predicted molar refractivity (Wildman–Crippen MR) is 77.6 cm³/mol. The van der Waals surface area contributed by atoms with Gasteiger partial charge in [-0.2, -0.15) is 0 Å². The topological polar surface area (TPSA) is 112 Å². The van der Waals surface area contributed by atoms with Gasteiger partial charge in [-0.25, -0.2) is 9.78 Å². The minimum Gasteiger partial charge on any atom is -0.478 e. The summed E-state index contributed by atoms with van der Waals surface area (Å²) >= 11 is 1.10. The Kier molecular flexibility index (Phi) is 4.72. The van der Waals surface area contributed by atoms with Crippen LogP contribution in [0.4, 0.5) is 5.69 Å². The third kappa shape index (κ3) is 4.46. The molecule has 0 spiro atoms. The molecule has 0 bridgehead atoms. The first-order chi connectivity index (χ1) is 10.0. The number of rotatable bonds is 5. The van der Waals surface area contributed by atoms with Crippen LogP contribution < -0.4 is 10.9 Å². The van der Waals surface area contributed by atoms with Crippen LogP contribution in [0.1, 0.15) is 10.4 Å². The number of carbonyl (C=O) groups is 2. The maximum absolute atomic E-state index is 11.7. The molecule has 8 heteroatoms. The summed E-state index contributed by atoms with van der Waals surface area (Å²) in [6.45, 7) is 0. The third-order valence-electron chi connectivity index (χ3n) is 2.40. The summed E-state index contributed by atoms with van der Waals surface area (Å²) < 4.78 is 0. The molecule has 2 rings (SSSR count). The first-order valence-electron chi connectivity index (χ1n) is 5.86. The van der Waals surface area contributed by atoms with Crippen LogP contribution in [0, 0.1) is 0 Å². The normalized spacial score (nSPS) is 10.1. The molecule has 0 unspecified atom stereocenters. The van der Waals surface area contributed by atoms with E-state index in [2.05, 4.69) is 15.3 Å². The number of aromatic nitrogens is 2. The van der Waals surface area contributed by atoms with Crippen LogP contribution in [-0.4, -0.2) is 32.7 Å². The number of H-pyrrole nitrogens is 1. The fourth-order valence-electron chi connectivity index (χ4n) is 1.45. The molecule has 0 aliphatic carbocycles. The maximum atomic E-state index is 11.7. The van der Waals surface area contributed by atoms with E-state index in [1.807, 2.05) is 0 Å². The summed E-state index contributed by atoms with van der Waals surface area (Å²) in [7, 11) is 0. The number of carbonyl (C=O) groups excluding carboxylic acids is 1. The van der Waals surface area contributed by atoms with Crippen LogP contribution in [-0.2, 0) is 4.79 Å². The maximum Gasteiger partial charge on any atom is 0.335 e. The molecular formula is C13H11N3O4S. The quantitative estimate of drug-likeness (QED) is 0.565.